The lowest BCUT2D eigenvalue weighted by molar-refractivity contribution is -0.137. The summed E-state index contributed by atoms with van der Waals surface area (Å²) in [6.45, 7) is 5.76. The fourth-order valence-electron chi connectivity index (χ4n) is 5.35. The van der Waals surface area contributed by atoms with E-state index in [0.717, 1.165) is 11.6 Å². The van der Waals surface area contributed by atoms with E-state index in [1.165, 1.54) is 36.4 Å². The highest BCUT2D eigenvalue weighted by Crippen LogP contribution is 2.38. The molecular formula is C31H34F4N2O3. The van der Waals surface area contributed by atoms with Crippen LogP contribution in [0.2, 0.25) is 0 Å². The van der Waals surface area contributed by atoms with Crippen molar-refractivity contribution in [3.63, 3.8) is 0 Å². The zero-order valence-corrected chi connectivity index (χ0v) is 23.0. The van der Waals surface area contributed by atoms with Gasteiger partial charge in [-0.25, -0.2) is 4.39 Å². The molecule has 1 amide bonds. The van der Waals surface area contributed by atoms with Gasteiger partial charge in [-0.1, -0.05) is 18.2 Å². The zero-order chi connectivity index (χ0) is 29.0. The van der Waals surface area contributed by atoms with Gasteiger partial charge in [0.25, 0.3) is 5.91 Å². The summed E-state index contributed by atoms with van der Waals surface area (Å²) in [7, 11) is 3.15. The molecule has 2 unspecified atom stereocenters. The molecule has 4 rings (SSSR count). The molecule has 0 aromatic heterocycles. The summed E-state index contributed by atoms with van der Waals surface area (Å²) >= 11 is 0. The standard InChI is InChI=1S/C31H34F4N2O3/c1-20(2)37(30(38)22-8-10-26(32)11-9-22)18-24-17-36(16-21-12-27(39-3)15-28(13-21)40-4)19-29(24)23-6-5-7-25(14-23)31(33,34)35/h5-15,20,24,29H,16-19H2,1-4H3. The Kier molecular flexibility index (Phi) is 9.03. The van der Waals surface area contributed by atoms with Gasteiger partial charge in [0.2, 0.25) is 0 Å². The molecule has 1 aliphatic heterocycles. The van der Waals surface area contributed by atoms with Crippen molar-refractivity contribution in [1.82, 2.24) is 9.80 Å². The maximum Gasteiger partial charge on any atom is 0.416 e. The second-order valence-corrected chi connectivity index (χ2v) is 10.5. The first-order valence-corrected chi connectivity index (χ1v) is 13.2. The second-order valence-electron chi connectivity index (χ2n) is 10.5. The monoisotopic (exact) mass is 558 g/mol. The number of alkyl halides is 3. The average molecular weight is 559 g/mol. The second kappa shape index (κ2) is 12.3. The predicted molar refractivity (Wildman–Crippen MR) is 145 cm³/mol. The number of carbonyl (C=O) groups excluding carboxylic acids is 1. The summed E-state index contributed by atoms with van der Waals surface area (Å²) in [6.07, 6.45) is -4.45. The van der Waals surface area contributed by atoms with Crippen LogP contribution in [0, 0.1) is 11.7 Å². The number of nitrogens with zero attached hydrogens (tertiary/aromatic N) is 2. The number of likely N-dealkylation sites (tertiary alicyclic amines) is 1. The number of halogens is 4. The van der Waals surface area contributed by atoms with Crippen molar-refractivity contribution in [3.8, 4) is 11.5 Å². The molecule has 3 aromatic rings. The highest BCUT2D eigenvalue weighted by molar-refractivity contribution is 5.94. The molecule has 40 heavy (non-hydrogen) atoms. The van der Waals surface area contributed by atoms with E-state index in [1.54, 1.807) is 31.3 Å². The SMILES string of the molecule is COc1cc(CN2CC(CN(C(=O)c3ccc(F)cc3)C(C)C)C(c3cccc(C(F)(F)F)c3)C2)cc(OC)c1. The quantitative estimate of drug-likeness (QED) is 0.277. The molecule has 0 bridgehead atoms. The first-order chi connectivity index (χ1) is 19.0. The molecular weight excluding hydrogens is 524 g/mol. The Bertz CT molecular complexity index is 1290. The van der Waals surface area contributed by atoms with Crippen LogP contribution in [-0.4, -0.2) is 55.6 Å². The van der Waals surface area contributed by atoms with Gasteiger partial charge in [0.15, 0.2) is 0 Å². The lowest BCUT2D eigenvalue weighted by Gasteiger charge is -2.32. The molecule has 0 aliphatic carbocycles. The van der Waals surface area contributed by atoms with Gasteiger partial charge >= 0.3 is 6.18 Å². The number of hydrogen-bond donors (Lipinski definition) is 0. The molecule has 0 N–H and O–H groups in total. The maximum atomic E-state index is 13.6. The van der Waals surface area contributed by atoms with E-state index in [9.17, 15) is 22.4 Å². The van der Waals surface area contributed by atoms with Gasteiger partial charge in [-0.05, 0) is 73.4 Å². The fourth-order valence-corrected chi connectivity index (χ4v) is 5.35. The van der Waals surface area contributed by atoms with Gasteiger partial charge in [-0.2, -0.15) is 13.2 Å². The minimum absolute atomic E-state index is 0.136. The van der Waals surface area contributed by atoms with Gasteiger partial charge < -0.3 is 14.4 Å². The van der Waals surface area contributed by atoms with E-state index in [2.05, 4.69) is 4.90 Å². The Hall–Kier alpha value is -3.59. The van der Waals surface area contributed by atoms with Crippen LogP contribution >= 0.6 is 0 Å². The molecule has 1 fully saturated rings. The van der Waals surface area contributed by atoms with Crippen LogP contribution in [0.3, 0.4) is 0 Å². The minimum atomic E-state index is -4.45. The van der Waals surface area contributed by atoms with Crippen LogP contribution in [0.4, 0.5) is 17.6 Å². The first kappa shape index (κ1) is 29.4. The molecule has 214 valence electrons. The van der Waals surface area contributed by atoms with Crippen LogP contribution < -0.4 is 9.47 Å². The van der Waals surface area contributed by atoms with Crippen LogP contribution in [0.5, 0.6) is 11.5 Å². The molecule has 0 radical (unpaired) electrons. The third kappa shape index (κ3) is 6.94. The number of methoxy groups -OCH3 is 2. The summed E-state index contributed by atoms with van der Waals surface area (Å²) in [5, 5.41) is 0. The summed E-state index contributed by atoms with van der Waals surface area (Å²) in [6, 6.07) is 16.3. The third-order valence-electron chi connectivity index (χ3n) is 7.38. The van der Waals surface area contributed by atoms with Crippen molar-refractivity contribution in [3.05, 3.63) is 94.8 Å². The first-order valence-electron chi connectivity index (χ1n) is 13.2. The fraction of sp³-hybridized carbons (Fsp3) is 0.387. The largest absolute Gasteiger partial charge is 0.497 e. The molecule has 1 heterocycles. The summed E-state index contributed by atoms with van der Waals surface area (Å²) in [4.78, 5) is 17.3. The lowest BCUT2D eigenvalue weighted by Crippen LogP contribution is -2.42. The Morgan fingerprint density at radius 3 is 2.20 bits per heavy atom. The average Bonchev–Trinajstić information content (AvgIpc) is 3.33. The van der Waals surface area contributed by atoms with E-state index < -0.39 is 17.6 Å². The van der Waals surface area contributed by atoms with Crippen LogP contribution in [0.25, 0.3) is 0 Å². The van der Waals surface area contributed by atoms with Gasteiger partial charge in [0.05, 0.1) is 19.8 Å². The number of benzene rings is 3. The van der Waals surface area contributed by atoms with Crippen molar-refractivity contribution in [2.75, 3.05) is 33.9 Å². The smallest absolute Gasteiger partial charge is 0.416 e. The summed E-state index contributed by atoms with van der Waals surface area (Å²) in [5.41, 5.74) is 1.21. The molecule has 1 saturated heterocycles. The lowest BCUT2D eigenvalue weighted by atomic mass is 9.87. The van der Waals surface area contributed by atoms with E-state index in [4.69, 9.17) is 9.47 Å². The van der Waals surface area contributed by atoms with E-state index in [-0.39, 0.29) is 23.8 Å². The van der Waals surface area contributed by atoms with E-state index >= 15 is 0 Å². The summed E-state index contributed by atoms with van der Waals surface area (Å²) in [5.74, 6) is 0.248. The van der Waals surface area contributed by atoms with Gasteiger partial charge in [-0.15, -0.1) is 0 Å². The minimum Gasteiger partial charge on any atom is -0.497 e. The van der Waals surface area contributed by atoms with E-state index in [0.29, 0.717) is 48.8 Å². The number of ether oxygens (including phenoxy) is 2. The Balaban J connectivity index is 1.64. The summed E-state index contributed by atoms with van der Waals surface area (Å²) < 4.78 is 65.0. The number of rotatable bonds is 9. The van der Waals surface area contributed by atoms with Crippen molar-refractivity contribution in [1.29, 1.82) is 0 Å². The number of amides is 1. The molecule has 5 nitrogen and oxygen atoms in total. The normalized spacial score (nSPS) is 17.7. The van der Waals surface area contributed by atoms with Gasteiger partial charge in [0, 0.05) is 49.8 Å². The Labute approximate surface area is 232 Å². The van der Waals surface area contributed by atoms with Crippen LogP contribution in [0.1, 0.15) is 46.8 Å². The maximum absolute atomic E-state index is 13.6. The van der Waals surface area contributed by atoms with Crippen LogP contribution in [0.15, 0.2) is 66.7 Å². The molecule has 2 atom stereocenters. The van der Waals surface area contributed by atoms with Gasteiger partial charge in [-0.3, -0.25) is 9.69 Å². The molecule has 3 aromatic carbocycles. The third-order valence-corrected chi connectivity index (χ3v) is 7.38. The molecule has 0 saturated carbocycles. The Morgan fingerprint density at radius 1 is 0.975 bits per heavy atom. The van der Waals surface area contributed by atoms with Crippen molar-refractivity contribution in [2.45, 2.75) is 38.5 Å². The van der Waals surface area contributed by atoms with Crippen molar-refractivity contribution in [2.24, 2.45) is 5.92 Å². The highest BCUT2D eigenvalue weighted by Gasteiger charge is 2.38. The van der Waals surface area contributed by atoms with Crippen molar-refractivity contribution < 1.29 is 31.8 Å². The van der Waals surface area contributed by atoms with Crippen LogP contribution in [-0.2, 0) is 12.7 Å². The topological polar surface area (TPSA) is 42.0 Å². The predicted octanol–water partition coefficient (Wildman–Crippen LogP) is 6.63. The number of hydrogen-bond acceptors (Lipinski definition) is 4. The highest BCUT2D eigenvalue weighted by atomic mass is 19.4. The molecule has 0 spiro atoms. The van der Waals surface area contributed by atoms with E-state index in [1.807, 2.05) is 26.0 Å². The van der Waals surface area contributed by atoms with Gasteiger partial charge in [0.1, 0.15) is 17.3 Å². The molecule has 1 aliphatic rings. The number of carbonyl (C=O) groups is 1. The zero-order valence-electron chi connectivity index (χ0n) is 23.0. The Morgan fingerprint density at radius 2 is 1.62 bits per heavy atom. The molecule has 9 heteroatoms. The van der Waals surface area contributed by atoms with Crippen molar-refractivity contribution >= 4 is 5.91 Å².